The zero-order valence-electron chi connectivity index (χ0n) is 16.7. The van der Waals surface area contributed by atoms with Crippen molar-refractivity contribution >= 4 is 29.2 Å². The molecule has 0 unspecified atom stereocenters. The van der Waals surface area contributed by atoms with Crippen molar-refractivity contribution in [3.8, 4) is 17.0 Å². The SMILES string of the molecule is CC(C)C(=O)N1CCC(Oc2ccc(-c3ccc4cccnc4c3)cn2)CC1.Cl. The van der Waals surface area contributed by atoms with Gasteiger partial charge in [0.05, 0.1) is 5.52 Å². The van der Waals surface area contributed by atoms with Crippen molar-refractivity contribution in [1.29, 1.82) is 0 Å². The molecule has 0 aliphatic carbocycles. The monoisotopic (exact) mass is 411 g/mol. The fourth-order valence-corrected chi connectivity index (χ4v) is 3.60. The Morgan fingerprint density at radius 3 is 2.52 bits per heavy atom. The number of likely N-dealkylation sites (tertiary alicyclic amines) is 1. The number of hydrogen-bond acceptors (Lipinski definition) is 4. The van der Waals surface area contributed by atoms with E-state index in [0.717, 1.165) is 48.0 Å². The quantitative estimate of drug-likeness (QED) is 0.622. The Morgan fingerprint density at radius 1 is 1.07 bits per heavy atom. The summed E-state index contributed by atoms with van der Waals surface area (Å²) in [6, 6.07) is 14.2. The maximum atomic E-state index is 12.1. The van der Waals surface area contributed by atoms with Crippen LogP contribution in [0, 0.1) is 5.92 Å². The highest BCUT2D eigenvalue weighted by Gasteiger charge is 2.25. The lowest BCUT2D eigenvalue weighted by molar-refractivity contribution is -0.136. The Balaban J connectivity index is 0.00000240. The molecule has 1 fully saturated rings. The first-order chi connectivity index (χ1) is 13.6. The second-order valence-electron chi connectivity index (χ2n) is 7.59. The Hall–Kier alpha value is -2.66. The molecule has 0 spiro atoms. The minimum Gasteiger partial charge on any atom is -0.474 e. The summed E-state index contributed by atoms with van der Waals surface area (Å²) in [6.45, 7) is 5.40. The van der Waals surface area contributed by atoms with Gasteiger partial charge in [-0.25, -0.2) is 4.98 Å². The van der Waals surface area contributed by atoms with E-state index in [-0.39, 0.29) is 30.3 Å². The molecule has 29 heavy (non-hydrogen) atoms. The van der Waals surface area contributed by atoms with E-state index < -0.39 is 0 Å². The van der Waals surface area contributed by atoms with Gasteiger partial charge in [0.1, 0.15) is 6.10 Å². The number of amides is 1. The summed E-state index contributed by atoms with van der Waals surface area (Å²) < 4.78 is 6.04. The average Bonchev–Trinajstić information content (AvgIpc) is 2.74. The number of nitrogens with zero attached hydrogens (tertiary/aromatic N) is 3. The Kier molecular flexibility index (Phi) is 6.70. The lowest BCUT2D eigenvalue weighted by atomic mass is 10.0. The van der Waals surface area contributed by atoms with Gasteiger partial charge < -0.3 is 9.64 Å². The number of carbonyl (C=O) groups excluding carboxylic acids is 1. The fourth-order valence-electron chi connectivity index (χ4n) is 3.60. The van der Waals surface area contributed by atoms with Gasteiger partial charge in [-0.1, -0.05) is 32.0 Å². The van der Waals surface area contributed by atoms with Gasteiger partial charge in [-0.05, 0) is 23.8 Å². The van der Waals surface area contributed by atoms with Crippen LogP contribution in [0.1, 0.15) is 26.7 Å². The number of piperidine rings is 1. The molecule has 2 aromatic heterocycles. The molecule has 0 radical (unpaired) electrons. The van der Waals surface area contributed by atoms with E-state index in [1.54, 1.807) is 6.20 Å². The molecule has 4 rings (SSSR count). The van der Waals surface area contributed by atoms with Crippen LogP contribution in [0.5, 0.6) is 5.88 Å². The van der Waals surface area contributed by atoms with E-state index in [1.165, 1.54) is 0 Å². The molecule has 3 aromatic rings. The van der Waals surface area contributed by atoms with Gasteiger partial charge in [-0.2, -0.15) is 0 Å². The van der Waals surface area contributed by atoms with Gasteiger partial charge in [0.2, 0.25) is 11.8 Å². The van der Waals surface area contributed by atoms with Crippen molar-refractivity contribution in [3.63, 3.8) is 0 Å². The Labute approximate surface area is 177 Å². The lowest BCUT2D eigenvalue weighted by Crippen LogP contribution is -2.43. The maximum absolute atomic E-state index is 12.1. The third-order valence-corrected chi connectivity index (χ3v) is 5.21. The molecule has 0 saturated carbocycles. The van der Waals surface area contributed by atoms with Crippen molar-refractivity contribution < 1.29 is 9.53 Å². The third-order valence-electron chi connectivity index (χ3n) is 5.21. The summed E-state index contributed by atoms with van der Waals surface area (Å²) >= 11 is 0. The molecule has 3 heterocycles. The summed E-state index contributed by atoms with van der Waals surface area (Å²) in [4.78, 5) is 22.9. The van der Waals surface area contributed by atoms with E-state index in [0.29, 0.717) is 5.88 Å². The second-order valence-corrected chi connectivity index (χ2v) is 7.59. The zero-order chi connectivity index (χ0) is 19.5. The van der Waals surface area contributed by atoms with Crippen LogP contribution in [-0.4, -0.2) is 40.0 Å². The van der Waals surface area contributed by atoms with Crippen LogP contribution in [0.15, 0.2) is 54.9 Å². The van der Waals surface area contributed by atoms with Crippen molar-refractivity contribution in [2.75, 3.05) is 13.1 Å². The van der Waals surface area contributed by atoms with Gasteiger partial charge >= 0.3 is 0 Å². The van der Waals surface area contributed by atoms with E-state index >= 15 is 0 Å². The van der Waals surface area contributed by atoms with E-state index in [1.807, 2.05) is 43.1 Å². The normalized spacial score (nSPS) is 14.7. The predicted molar refractivity (Wildman–Crippen MR) is 117 cm³/mol. The molecule has 5 nitrogen and oxygen atoms in total. The largest absolute Gasteiger partial charge is 0.474 e. The van der Waals surface area contributed by atoms with Crippen molar-refractivity contribution in [2.45, 2.75) is 32.8 Å². The van der Waals surface area contributed by atoms with Gasteiger partial charge in [0, 0.05) is 61.3 Å². The Morgan fingerprint density at radius 2 is 1.83 bits per heavy atom. The zero-order valence-corrected chi connectivity index (χ0v) is 17.6. The van der Waals surface area contributed by atoms with E-state index in [4.69, 9.17) is 4.74 Å². The number of halogens is 1. The molecule has 0 N–H and O–H groups in total. The molecule has 1 aliphatic rings. The van der Waals surface area contributed by atoms with Crippen LogP contribution in [-0.2, 0) is 4.79 Å². The van der Waals surface area contributed by atoms with Crippen LogP contribution < -0.4 is 4.74 Å². The number of ether oxygens (including phenoxy) is 1. The van der Waals surface area contributed by atoms with Crippen molar-refractivity contribution in [1.82, 2.24) is 14.9 Å². The third kappa shape index (κ3) is 4.85. The molecule has 0 atom stereocenters. The summed E-state index contributed by atoms with van der Waals surface area (Å²) in [7, 11) is 0. The van der Waals surface area contributed by atoms with Gasteiger partial charge in [0.15, 0.2) is 0 Å². The molecule has 1 aromatic carbocycles. The van der Waals surface area contributed by atoms with Gasteiger partial charge in [-0.15, -0.1) is 12.4 Å². The first kappa shape index (κ1) is 21.1. The van der Waals surface area contributed by atoms with E-state index in [9.17, 15) is 4.79 Å². The highest BCUT2D eigenvalue weighted by Crippen LogP contribution is 2.25. The molecule has 1 aliphatic heterocycles. The molecule has 0 bridgehead atoms. The van der Waals surface area contributed by atoms with Crippen LogP contribution >= 0.6 is 12.4 Å². The summed E-state index contributed by atoms with van der Waals surface area (Å²) in [5.41, 5.74) is 3.10. The topological polar surface area (TPSA) is 55.3 Å². The standard InChI is InChI=1S/C23H25N3O2.ClH/c1-16(2)23(27)26-12-9-20(10-13-26)28-22-8-7-19(15-25-22)18-6-5-17-4-3-11-24-21(17)14-18;/h3-8,11,14-16,20H,9-10,12-13H2,1-2H3;1H. The molecule has 6 heteroatoms. The molecular formula is C23H26ClN3O2. The minimum absolute atomic E-state index is 0. The number of rotatable bonds is 4. The molecule has 152 valence electrons. The Bertz CT molecular complexity index is 967. The average molecular weight is 412 g/mol. The highest BCUT2D eigenvalue weighted by molar-refractivity contribution is 5.85. The predicted octanol–water partition coefficient (Wildman–Crippen LogP) is 4.74. The number of hydrogen-bond donors (Lipinski definition) is 0. The number of aromatic nitrogens is 2. The van der Waals surface area contributed by atoms with Crippen molar-refractivity contribution in [3.05, 3.63) is 54.9 Å². The molecule has 1 amide bonds. The first-order valence-corrected chi connectivity index (χ1v) is 9.87. The molecule has 1 saturated heterocycles. The molecular weight excluding hydrogens is 386 g/mol. The lowest BCUT2D eigenvalue weighted by Gasteiger charge is -2.33. The highest BCUT2D eigenvalue weighted by atomic mass is 35.5. The smallest absolute Gasteiger partial charge is 0.225 e. The summed E-state index contributed by atoms with van der Waals surface area (Å²) in [6.07, 6.45) is 5.45. The van der Waals surface area contributed by atoms with Crippen LogP contribution in [0.4, 0.5) is 0 Å². The minimum atomic E-state index is 0. The maximum Gasteiger partial charge on any atom is 0.225 e. The number of benzene rings is 1. The van der Waals surface area contributed by atoms with Gasteiger partial charge in [-0.3, -0.25) is 9.78 Å². The van der Waals surface area contributed by atoms with Crippen LogP contribution in [0.3, 0.4) is 0 Å². The summed E-state index contributed by atoms with van der Waals surface area (Å²) in [5.74, 6) is 0.916. The number of pyridine rings is 2. The summed E-state index contributed by atoms with van der Waals surface area (Å²) in [5, 5.41) is 1.13. The first-order valence-electron chi connectivity index (χ1n) is 9.87. The number of carbonyl (C=O) groups is 1. The van der Waals surface area contributed by atoms with Gasteiger partial charge in [0.25, 0.3) is 0 Å². The fraction of sp³-hybridized carbons (Fsp3) is 0.348. The number of fused-ring (bicyclic) bond motifs is 1. The van der Waals surface area contributed by atoms with Crippen LogP contribution in [0.2, 0.25) is 0 Å². The van der Waals surface area contributed by atoms with E-state index in [2.05, 4.69) is 34.2 Å². The second kappa shape index (κ2) is 9.23. The van der Waals surface area contributed by atoms with Crippen LogP contribution in [0.25, 0.3) is 22.0 Å². The van der Waals surface area contributed by atoms with Crippen molar-refractivity contribution in [2.24, 2.45) is 5.92 Å².